The van der Waals surface area contributed by atoms with E-state index in [4.69, 9.17) is 5.11 Å². The van der Waals surface area contributed by atoms with Crippen molar-refractivity contribution in [3.63, 3.8) is 0 Å². The first-order valence-corrected chi connectivity index (χ1v) is 4.80. The number of carbonyl (C=O) groups is 1. The Balaban J connectivity index is 2.74. The van der Waals surface area contributed by atoms with E-state index in [0.29, 0.717) is 6.42 Å². The van der Waals surface area contributed by atoms with Crippen LogP contribution in [-0.2, 0) is 0 Å². The number of carboxylic acid groups (broad SMARTS) is 1. The molecule has 3 N–H and O–H groups in total. The van der Waals surface area contributed by atoms with Gasteiger partial charge in [-0.25, -0.2) is 9.78 Å². The molecule has 0 saturated carbocycles. The number of hydrogen-bond acceptors (Lipinski definition) is 3. The molecule has 0 aliphatic rings. The highest BCUT2D eigenvalue weighted by Crippen LogP contribution is 2.23. The summed E-state index contributed by atoms with van der Waals surface area (Å²) in [5.74, 6) is -1.09. The van der Waals surface area contributed by atoms with Crippen molar-refractivity contribution in [3.05, 3.63) is 17.7 Å². The number of aromatic carboxylic acids is 1. The number of nitrogens with zero attached hydrogens (tertiary/aromatic N) is 1. The molecule has 5 nitrogen and oxygen atoms in total. The molecule has 5 heteroatoms. The van der Waals surface area contributed by atoms with Crippen molar-refractivity contribution in [2.45, 2.75) is 38.7 Å². The maximum Gasteiger partial charge on any atom is 0.371 e. The smallest absolute Gasteiger partial charge is 0.371 e. The topological polar surface area (TPSA) is 86.2 Å². The van der Waals surface area contributed by atoms with Gasteiger partial charge in [0.25, 0.3) is 0 Å². The van der Waals surface area contributed by atoms with E-state index < -0.39 is 11.6 Å². The van der Waals surface area contributed by atoms with E-state index in [1.54, 1.807) is 13.8 Å². The standard InChI is InChI=1S/C10H16N2O3/c1-6(4-10(2,3)15)7-5-11-8(12-7)9(13)14/h5-6,15H,4H2,1-3H3,(H,11,12)(H,13,14). The fourth-order valence-electron chi connectivity index (χ4n) is 1.55. The third kappa shape index (κ3) is 3.36. The van der Waals surface area contributed by atoms with Gasteiger partial charge in [0.05, 0.1) is 5.60 Å². The van der Waals surface area contributed by atoms with E-state index in [0.717, 1.165) is 5.69 Å². The first-order chi connectivity index (χ1) is 6.79. The van der Waals surface area contributed by atoms with Crippen molar-refractivity contribution >= 4 is 5.97 Å². The summed E-state index contributed by atoms with van der Waals surface area (Å²) < 4.78 is 0. The Hall–Kier alpha value is -1.36. The van der Waals surface area contributed by atoms with Gasteiger partial charge in [-0.1, -0.05) is 6.92 Å². The lowest BCUT2D eigenvalue weighted by molar-refractivity contribution is 0.0643. The number of nitrogens with one attached hydrogen (secondary N) is 1. The van der Waals surface area contributed by atoms with E-state index >= 15 is 0 Å². The average molecular weight is 212 g/mol. The molecule has 0 aliphatic heterocycles. The first kappa shape index (κ1) is 11.7. The average Bonchev–Trinajstić information content (AvgIpc) is 2.47. The molecule has 0 fully saturated rings. The lowest BCUT2D eigenvalue weighted by atomic mass is 9.93. The minimum Gasteiger partial charge on any atom is -0.475 e. The number of H-pyrrole nitrogens is 1. The molecule has 0 radical (unpaired) electrons. The van der Waals surface area contributed by atoms with Crippen LogP contribution in [0.15, 0.2) is 6.20 Å². The van der Waals surface area contributed by atoms with Crippen LogP contribution in [0.4, 0.5) is 0 Å². The molecule has 15 heavy (non-hydrogen) atoms. The van der Waals surface area contributed by atoms with E-state index in [2.05, 4.69) is 9.97 Å². The highest BCUT2D eigenvalue weighted by atomic mass is 16.4. The predicted molar refractivity (Wildman–Crippen MR) is 54.9 cm³/mol. The highest BCUT2D eigenvalue weighted by molar-refractivity contribution is 5.83. The van der Waals surface area contributed by atoms with Crippen molar-refractivity contribution in [3.8, 4) is 0 Å². The third-order valence-corrected chi connectivity index (χ3v) is 2.13. The monoisotopic (exact) mass is 212 g/mol. The normalized spacial score (nSPS) is 13.9. The van der Waals surface area contributed by atoms with E-state index in [1.165, 1.54) is 6.20 Å². The summed E-state index contributed by atoms with van der Waals surface area (Å²) in [7, 11) is 0. The van der Waals surface area contributed by atoms with Gasteiger partial charge in [0.2, 0.25) is 5.82 Å². The molecule has 0 spiro atoms. The number of aromatic amines is 1. The van der Waals surface area contributed by atoms with Gasteiger partial charge in [0.15, 0.2) is 0 Å². The van der Waals surface area contributed by atoms with Gasteiger partial charge < -0.3 is 15.2 Å². The molecule has 84 valence electrons. The zero-order chi connectivity index (χ0) is 11.6. The van der Waals surface area contributed by atoms with Crippen LogP contribution in [0.5, 0.6) is 0 Å². The van der Waals surface area contributed by atoms with Crippen LogP contribution in [0.2, 0.25) is 0 Å². The number of rotatable bonds is 4. The van der Waals surface area contributed by atoms with Gasteiger partial charge in [-0.05, 0) is 20.3 Å². The Labute approximate surface area is 88.2 Å². The Kier molecular flexibility index (Phi) is 3.14. The number of aromatic nitrogens is 2. The Morgan fingerprint density at radius 3 is 2.67 bits per heavy atom. The number of carboxylic acids is 1. The van der Waals surface area contributed by atoms with Gasteiger partial charge in [0, 0.05) is 17.8 Å². The second-order valence-corrected chi connectivity index (χ2v) is 4.41. The molecule has 0 aromatic carbocycles. The Morgan fingerprint density at radius 2 is 2.27 bits per heavy atom. The van der Waals surface area contributed by atoms with Gasteiger partial charge in [-0.15, -0.1) is 0 Å². The molecule has 0 bridgehead atoms. The lowest BCUT2D eigenvalue weighted by Crippen LogP contribution is -2.21. The molecule has 1 atom stereocenters. The Morgan fingerprint density at radius 1 is 1.67 bits per heavy atom. The summed E-state index contributed by atoms with van der Waals surface area (Å²) in [5.41, 5.74) is -0.0389. The van der Waals surface area contributed by atoms with Crippen LogP contribution in [0.3, 0.4) is 0 Å². The highest BCUT2D eigenvalue weighted by Gasteiger charge is 2.20. The van der Waals surface area contributed by atoms with E-state index in [1.807, 2.05) is 6.92 Å². The number of imidazole rings is 1. The van der Waals surface area contributed by atoms with Crippen molar-refractivity contribution in [2.24, 2.45) is 0 Å². The van der Waals surface area contributed by atoms with Gasteiger partial charge in [-0.2, -0.15) is 0 Å². The zero-order valence-corrected chi connectivity index (χ0v) is 9.11. The molecular formula is C10H16N2O3. The molecule has 1 unspecified atom stereocenters. The van der Waals surface area contributed by atoms with Crippen molar-refractivity contribution in [1.82, 2.24) is 9.97 Å². The fourth-order valence-corrected chi connectivity index (χ4v) is 1.55. The van der Waals surface area contributed by atoms with E-state index in [-0.39, 0.29) is 11.7 Å². The molecule has 1 rings (SSSR count). The molecule has 1 heterocycles. The quantitative estimate of drug-likeness (QED) is 0.703. The maximum atomic E-state index is 10.6. The lowest BCUT2D eigenvalue weighted by Gasteiger charge is -2.20. The number of hydrogen-bond donors (Lipinski definition) is 3. The molecule has 0 aliphatic carbocycles. The summed E-state index contributed by atoms with van der Waals surface area (Å²) >= 11 is 0. The molecule has 0 amide bonds. The largest absolute Gasteiger partial charge is 0.475 e. The summed E-state index contributed by atoms with van der Waals surface area (Å²) in [6, 6.07) is 0. The van der Waals surface area contributed by atoms with E-state index in [9.17, 15) is 9.90 Å². The zero-order valence-electron chi connectivity index (χ0n) is 9.11. The molecule has 1 aromatic heterocycles. The van der Waals surface area contributed by atoms with Crippen molar-refractivity contribution < 1.29 is 15.0 Å². The summed E-state index contributed by atoms with van der Waals surface area (Å²) in [6.45, 7) is 5.35. The van der Waals surface area contributed by atoms with Crippen LogP contribution >= 0.6 is 0 Å². The summed E-state index contributed by atoms with van der Waals surface area (Å²) in [4.78, 5) is 17.0. The van der Waals surface area contributed by atoms with Crippen molar-refractivity contribution in [2.75, 3.05) is 0 Å². The second kappa shape index (κ2) is 4.02. The third-order valence-electron chi connectivity index (χ3n) is 2.13. The molecular weight excluding hydrogens is 196 g/mol. The van der Waals surface area contributed by atoms with Gasteiger partial charge in [-0.3, -0.25) is 0 Å². The van der Waals surface area contributed by atoms with Crippen LogP contribution in [0.1, 0.15) is 49.4 Å². The summed E-state index contributed by atoms with van der Waals surface area (Å²) in [5, 5.41) is 18.3. The van der Waals surface area contributed by atoms with Crippen molar-refractivity contribution in [1.29, 1.82) is 0 Å². The van der Waals surface area contributed by atoms with Crippen LogP contribution < -0.4 is 0 Å². The SMILES string of the molecule is CC(CC(C)(C)O)c1cnc(C(=O)O)[nH]1. The molecule has 0 saturated heterocycles. The fraction of sp³-hybridized carbons (Fsp3) is 0.600. The summed E-state index contributed by atoms with van der Waals surface area (Å²) in [6.07, 6.45) is 2.05. The van der Waals surface area contributed by atoms with Crippen LogP contribution in [0, 0.1) is 0 Å². The second-order valence-electron chi connectivity index (χ2n) is 4.41. The van der Waals surface area contributed by atoms with Gasteiger partial charge >= 0.3 is 5.97 Å². The predicted octanol–water partition coefficient (Wildman–Crippen LogP) is 1.37. The first-order valence-electron chi connectivity index (χ1n) is 4.80. The minimum atomic E-state index is -1.07. The van der Waals surface area contributed by atoms with Gasteiger partial charge in [0.1, 0.15) is 0 Å². The maximum absolute atomic E-state index is 10.6. The Bertz CT molecular complexity index is 352. The minimum absolute atomic E-state index is 0.0469. The molecule has 1 aromatic rings. The van der Waals surface area contributed by atoms with Crippen LogP contribution in [0.25, 0.3) is 0 Å². The number of aliphatic hydroxyl groups is 1. The van der Waals surface area contributed by atoms with Crippen LogP contribution in [-0.4, -0.2) is 31.8 Å².